The average molecular weight is 401 g/mol. The van der Waals surface area contributed by atoms with Crippen molar-refractivity contribution in [1.29, 1.82) is 0 Å². The summed E-state index contributed by atoms with van der Waals surface area (Å²) in [6.45, 7) is 5.95. The molecular formula is C22H23N7O. The van der Waals surface area contributed by atoms with Gasteiger partial charge in [-0.25, -0.2) is 19.9 Å². The lowest BCUT2D eigenvalue weighted by Crippen LogP contribution is -2.43. The summed E-state index contributed by atoms with van der Waals surface area (Å²) >= 11 is 0. The van der Waals surface area contributed by atoms with Gasteiger partial charge in [0.1, 0.15) is 11.3 Å². The summed E-state index contributed by atoms with van der Waals surface area (Å²) in [4.78, 5) is 20.4. The minimum atomic E-state index is 0.525. The molecule has 3 aromatic heterocycles. The van der Waals surface area contributed by atoms with Crippen LogP contribution in [0.2, 0.25) is 0 Å². The zero-order valence-electron chi connectivity index (χ0n) is 16.8. The fourth-order valence-electron chi connectivity index (χ4n) is 3.53. The first-order chi connectivity index (χ1) is 14.8. The number of piperazine rings is 1. The van der Waals surface area contributed by atoms with Gasteiger partial charge >= 0.3 is 0 Å². The van der Waals surface area contributed by atoms with E-state index in [0.717, 1.165) is 72.4 Å². The maximum atomic E-state index is 5.67. The topological polar surface area (TPSA) is 92.0 Å². The van der Waals surface area contributed by atoms with Crippen LogP contribution in [0, 0.1) is 0 Å². The van der Waals surface area contributed by atoms with Crippen molar-refractivity contribution in [2.45, 2.75) is 13.3 Å². The quantitative estimate of drug-likeness (QED) is 0.526. The Hall–Kier alpha value is -3.52. The lowest BCUT2D eigenvalue weighted by Gasteiger charge is -2.28. The van der Waals surface area contributed by atoms with Crippen LogP contribution < -0.4 is 15.5 Å². The highest BCUT2D eigenvalue weighted by Crippen LogP contribution is 2.24. The Morgan fingerprint density at radius 1 is 1.07 bits per heavy atom. The largest absolute Gasteiger partial charge is 0.441 e. The predicted molar refractivity (Wildman–Crippen MR) is 117 cm³/mol. The summed E-state index contributed by atoms with van der Waals surface area (Å²) < 4.78 is 5.67. The van der Waals surface area contributed by atoms with Crippen molar-refractivity contribution < 1.29 is 4.42 Å². The molecule has 152 valence electrons. The zero-order valence-corrected chi connectivity index (χ0v) is 16.8. The van der Waals surface area contributed by atoms with Gasteiger partial charge in [-0.05, 0) is 36.4 Å². The van der Waals surface area contributed by atoms with Crippen LogP contribution in [0.3, 0.4) is 0 Å². The Balaban J connectivity index is 1.35. The summed E-state index contributed by atoms with van der Waals surface area (Å²) in [5.41, 5.74) is 4.24. The van der Waals surface area contributed by atoms with Crippen molar-refractivity contribution in [2.75, 3.05) is 36.4 Å². The smallest absolute Gasteiger partial charge is 0.227 e. The van der Waals surface area contributed by atoms with Crippen LogP contribution in [0.15, 0.2) is 53.2 Å². The van der Waals surface area contributed by atoms with Crippen molar-refractivity contribution >= 4 is 28.6 Å². The van der Waals surface area contributed by atoms with Gasteiger partial charge in [0.05, 0.1) is 5.69 Å². The third-order valence-corrected chi connectivity index (χ3v) is 5.13. The molecule has 0 bridgehead atoms. The number of nitrogens with zero attached hydrogens (tertiary/aromatic N) is 5. The molecule has 1 aliphatic heterocycles. The minimum absolute atomic E-state index is 0.525. The van der Waals surface area contributed by atoms with Gasteiger partial charge in [0.2, 0.25) is 5.95 Å². The van der Waals surface area contributed by atoms with E-state index in [-0.39, 0.29) is 0 Å². The molecule has 1 aliphatic rings. The monoisotopic (exact) mass is 401 g/mol. The van der Waals surface area contributed by atoms with E-state index >= 15 is 0 Å². The van der Waals surface area contributed by atoms with Crippen LogP contribution in [0.5, 0.6) is 0 Å². The number of benzene rings is 1. The van der Waals surface area contributed by atoms with E-state index in [1.807, 2.05) is 37.4 Å². The van der Waals surface area contributed by atoms with E-state index in [1.54, 1.807) is 6.20 Å². The van der Waals surface area contributed by atoms with E-state index in [9.17, 15) is 0 Å². The van der Waals surface area contributed by atoms with Gasteiger partial charge in [0.25, 0.3) is 0 Å². The van der Waals surface area contributed by atoms with E-state index in [1.165, 1.54) is 0 Å². The highest BCUT2D eigenvalue weighted by Gasteiger charge is 2.12. The van der Waals surface area contributed by atoms with Crippen LogP contribution in [0.1, 0.15) is 12.8 Å². The SMILES string of the molecule is CCc1nc2cc(Nc3nccc(-c4ccc(N5CCNCC5)nc4)n3)ccc2o1. The summed E-state index contributed by atoms with van der Waals surface area (Å²) in [6, 6.07) is 11.8. The van der Waals surface area contributed by atoms with Gasteiger partial charge in [0, 0.05) is 56.2 Å². The molecule has 0 spiro atoms. The second kappa shape index (κ2) is 8.08. The Morgan fingerprint density at radius 2 is 1.97 bits per heavy atom. The number of aromatic nitrogens is 4. The summed E-state index contributed by atoms with van der Waals surface area (Å²) in [7, 11) is 0. The van der Waals surface area contributed by atoms with Gasteiger partial charge in [-0.3, -0.25) is 0 Å². The third-order valence-electron chi connectivity index (χ3n) is 5.13. The summed E-state index contributed by atoms with van der Waals surface area (Å²) in [5.74, 6) is 2.26. The predicted octanol–water partition coefficient (Wildman–Crippen LogP) is 3.40. The van der Waals surface area contributed by atoms with Gasteiger partial charge in [-0.15, -0.1) is 0 Å². The van der Waals surface area contributed by atoms with Crippen LogP contribution >= 0.6 is 0 Å². The summed E-state index contributed by atoms with van der Waals surface area (Å²) in [6.07, 6.45) is 4.39. The van der Waals surface area contributed by atoms with E-state index in [0.29, 0.717) is 5.95 Å². The Bertz CT molecular complexity index is 1150. The number of oxazole rings is 1. The first kappa shape index (κ1) is 18.5. The standard InChI is InChI=1S/C22H23N7O/c1-2-21-27-18-13-16(4-5-19(18)30-21)26-22-24-8-7-17(28-22)15-3-6-20(25-14-15)29-11-9-23-10-12-29/h3-8,13-14,23H,2,9-12H2,1H3,(H,24,26,28). The Morgan fingerprint density at radius 3 is 2.77 bits per heavy atom. The van der Waals surface area contributed by atoms with E-state index in [2.05, 4.69) is 47.6 Å². The number of anilines is 3. The molecule has 0 unspecified atom stereocenters. The first-order valence-corrected chi connectivity index (χ1v) is 10.2. The van der Waals surface area contributed by atoms with Crippen molar-refractivity contribution in [1.82, 2.24) is 25.3 Å². The van der Waals surface area contributed by atoms with Gasteiger partial charge in [0.15, 0.2) is 11.5 Å². The highest BCUT2D eigenvalue weighted by atomic mass is 16.3. The first-order valence-electron chi connectivity index (χ1n) is 10.2. The average Bonchev–Trinajstić information content (AvgIpc) is 3.23. The van der Waals surface area contributed by atoms with Crippen LogP contribution in [-0.2, 0) is 6.42 Å². The van der Waals surface area contributed by atoms with Crippen molar-refractivity contribution in [3.8, 4) is 11.3 Å². The molecule has 1 aromatic carbocycles. The summed E-state index contributed by atoms with van der Waals surface area (Å²) in [5, 5.41) is 6.62. The van der Waals surface area contributed by atoms with Gasteiger partial charge < -0.3 is 20.0 Å². The second-order valence-electron chi connectivity index (χ2n) is 7.18. The normalized spacial score (nSPS) is 14.2. The molecule has 0 aliphatic carbocycles. The fraction of sp³-hybridized carbons (Fsp3) is 0.273. The molecule has 30 heavy (non-hydrogen) atoms. The van der Waals surface area contributed by atoms with Crippen LogP contribution in [0.25, 0.3) is 22.4 Å². The molecule has 0 atom stereocenters. The number of pyridine rings is 1. The van der Waals surface area contributed by atoms with Crippen molar-refractivity contribution in [3.05, 3.63) is 54.7 Å². The lowest BCUT2D eigenvalue weighted by molar-refractivity contribution is 0.538. The van der Waals surface area contributed by atoms with E-state index in [4.69, 9.17) is 4.42 Å². The number of aryl methyl sites for hydroxylation is 1. The molecule has 8 heteroatoms. The van der Waals surface area contributed by atoms with Crippen molar-refractivity contribution in [3.63, 3.8) is 0 Å². The third kappa shape index (κ3) is 3.81. The van der Waals surface area contributed by atoms with Gasteiger partial charge in [-0.1, -0.05) is 6.92 Å². The molecular weight excluding hydrogens is 378 g/mol. The molecule has 1 fully saturated rings. The highest BCUT2D eigenvalue weighted by molar-refractivity contribution is 5.78. The molecule has 2 N–H and O–H groups in total. The molecule has 4 heterocycles. The Kier molecular flexibility index (Phi) is 4.98. The molecule has 8 nitrogen and oxygen atoms in total. The van der Waals surface area contributed by atoms with Crippen molar-refractivity contribution in [2.24, 2.45) is 0 Å². The second-order valence-corrected chi connectivity index (χ2v) is 7.18. The maximum absolute atomic E-state index is 5.67. The lowest BCUT2D eigenvalue weighted by atomic mass is 10.2. The minimum Gasteiger partial charge on any atom is -0.441 e. The molecule has 5 rings (SSSR count). The van der Waals surface area contributed by atoms with E-state index < -0.39 is 0 Å². The Labute approximate surface area is 174 Å². The number of hydrogen-bond acceptors (Lipinski definition) is 8. The molecule has 0 saturated carbocycles. The number of hydrogen-bond donors (Lipinski definition) is 2. The number of rotatable bonds is 5. The zero-order chi connectivity index (χ0) is 20.3. The number of nitrogens with one attached hydrogen (secondary N) is 2. The van der Waals surface area contributed by atoms with Gasteiger partial charge in [-0.2, -0.15) is 0 Å². The molecule has 0 amide bonds. The maximum Gasteiger partial charge on any atom is 0.227 e. The molecule has 1 saturated heterocycles. The van der Waals surface area contributed by atoms with Crippen LogP contribution in [0.4, 0.5) is 17.5 Å². The molecule has 4 aromatic rings. The number of fused-ring (bicyclic) bond motifs is 1. The van der Waals surface area contributed by atoms with Crippen LogP contribution in [-0.4, -0.2) is 46.1 Å². The fourth-order valence-corrected chi connectivity index (χ4v) is 3.53. The molecule has 0 radical (unpaired) electrons.